The van der Waals surface area contributed by atoms with Crippen LogP contribution in [-0.4, -0.2) is 42.4 Å². The molecule has 0 aliphatic carbocycles. The maximum atomic E-state index is 11.4. The van der Waals surface area contributed by atoms with Crippen LogP contribution < -0.4 is 0 Å². The smallest absolute Gasteiger partial charge is 0.325 e. The summed E-state index contributed by atoms with van der Waals surface area (Å²) in [5.74, 6) is -0.437. The summed E-state index contributed by atoms with van der Waals surface area (Å²) >= 11 is 5.45. The third-order valence-electron chi connectivity index (χ3n) is 1.68. The molecule has 0 aromatic heterocycles. The van der Waals surface area contributed by atoms with E-state index in [2.05, 4.69) is 0 Å². The predicted octanol–water partition coefficient (Wildman–Crippen LogP) is 1.27. The number of ether oxygens (including phenoxy) is 1. The van der Waals surface area contributed by atoms with E-state index in [0.717, 1.165) is 0 Å². The lowest BCUT2D eigenvalue weighted by molar-refractivity contribution is -0.148. The van der Waals surface area contributed by atoms with Crippen molar-refractivity contribution >= 4 is 23.5 Å². The Labute approximate surface area is 95.5 Å². The van der Waals surface area contributed by atoms with Crippen LogP contribution in [0, 0.1) is 5.92 Å². The molecule has 0 radical (unpaired) electrons. The fourth-order valence-corrected chi connectivity index (χ4v) is 1.31. The second-order valence-electron chi connectivity index (χ2n) is 3.61. The van der Waals surface area contributed by atoms with Crippen LogP contribution in [0.2, 0.25) is 0 Å². The van der Waals surface area contributed by atoms with Gasteiger partial charge in [-0.05, 0) is 12.8 Å². The third kappa shape index (κ3) is 6.33. The molecule has 0 saturated carbocycles. The Morgan fingerprint density at radius 3 is 2.40 bits per heavy atom. The lowest BCUT2D eigenvalue weighted by Crippen LogP contribution is -2.39. The van der Waals surface area contributed by atoms with E-state index in [-0.39, 0.29) is 18.3 Å². The van der Waals surface area contributed by atoms with Crippen molar-refractivity contribution in [3.63, 3.8) is 0 Å². The van der Waals surface area contributed by atoms with Crippen molar-refractivity contribution in [2.45, 2.75) is 20.8 Å². The Bertz CT molecular complexity index is 219. The summed E-state index contributed by atoms with van der Waals surface area (Å²) in [7, 11) is 0. The average Bonchev–Trinajstić information content (AvgIpc) is 2.15. The minimum atomic E-state index is -0.392. The summed E-state index contributed by atoms with van der Waals surface area (Å²) < 4.78 is 4.77. The van der Waals surface area contributed by atoms with E-state index in [1.54, 1.807) is 6.92 Å². The summed E-state index contributed by atoms with van der Waals surface area (Å²) in [5.41, 5.74) is 0. The highest BCUT2D eigenvalue weighted by Crippen LogP contribution is 2.01. The van der Waals surface area contributed by atoms with Crippen LogP contribution in [0.5, 0.6) is 0 Å². The van der Waals surface area contributed by atoms with Crippen LogP contribution in [0.1, 0.15) is 20.8 Å². The van der Waals surface area contributed by atoms with Crippen molar-refractivity contribution in [2.75, 3.05) is 25.6 Å². The van der Waals surface area contributed by atoms with Gasteiger partial charge in [0.05, 0.1) is 6.61 Å². The van der Waals surface area contributed by atoms with Gasteiger partial charge in [0.25, 0.3) is 0 Å². The van der Waals surface area contributed by atoms with Crippen molar-refractivity contribution < 1.29 is 14.3 Å². The topological polar surface area (TPSA) is 46.6 Å². The number of hydrogen-bond donors (Lipinski definition) is 0. The maximum absolute atomic E-state index is 11.4. The lowest BCUT2D eigenvalue weighted by atomic mass is 10.2. The van der Waals surface area contributed by atoms with E-state index in [4.69, 9.17) is 16.3 Å². The van der Waals surface area contributed by atoms with Gasteiger partial charge in [-0.1, -0.05) is 13.8 Å². The monoisotopic (exact) mass is 235 g/mol. The SMILES string of the molecule is CCOC(=O)CN(CC(C)C)C(=O)CCl. The molecule has 88 valence electrons. The van der Waals surface area contributed by atoms with Crippen LogP contribution in [0.3, 0.4) is 0 Å². The minimum absolute atomic E-state index is 0.0163. The summed E-state index contributed by atoms with van der Waals surface area (Å²) in [6, 6.07) is 0. The number of rotatable bonds is 6. The molecule has 0 fully saturated rings. The number of halogens is 1. The molecule has 0 atom stereocenters. The molecule has 5 heteroatoms. The lowest BCUT2D eigenvalue weighted by Gasteiger charge is -2.22. The zero-order valence-electron chi connectivity index (χ0n) is 9.46. The number of carbonyl (C=O) groups is 2. The van der Waals surface area contributed by atoms with Gasteiger partial charge in [-0.2, -0.15) is 0 Å². The molecule has 0 rings (SSSR count). The fourth-order valence-electron chi connectivity index (χ4n) is 1.14. The van der Waals surface area contributed by atoms with Crippen molar-refractivity contribution in [1.82, 2.24) is 4.90 Å². The second-order valence-corrected chi connectivity index (χ2v) is 3.87. The largest absolute Gasteiger partial charge is 0.465 e. The Hall–Kier alpha value is -0.770. The van der Waals surface area contributed by atoms with E-state index in [9.17, 15) is 9.59 Å². The zero-order valence-corrected chi connectivity index (χ0v) is 10.2. The Kier molecular flexibility index (Phi) is 7.13. The molecule has 0 aromatic rings. The van der Waals surface area contributed by atoms with Gasteiger partial charge >= 0.3 is 5.97 Å². The van der Waals surface area contributed by atoms with Crippen molar-refractivity contribution in [3.05, 3.63) is 0 Å². The molecule has 0 heterocycles. The number of hydrogen-bond acceptors (Lipinski definition) is 3. The molecule has 4 nitrogen and oxygen atoms in total. The molecule has 0 unspecified atom stereocenters. The summed E-state index contributed by atoms with van der Waals surface area (Å²) in [6.07, 6.45) is 0. The van der Waals surface area contributed by atoms with Crippen molar-refractivity contribution in [2.24, 2.45) is 5.92 Å². The standard InChI is InChI=1S/C10H18ClNO3/c1-4-15-10(14)7-12(6-8(2)3)9(13)5-11/h8H,4-7H2,1-3H3. The number of alkyl halides is 1. The molecule has 0 spiro atoms. The predicted molar refractivity (Wildman–Crippen MR) is 58.8 cm³/mol. The Morgan fingerprint density at radius 1 is 1.40 bits per heavy atom. The van der Waals surface area contributed by atoms with Gasteiger partial charge < -0.3 is 9.64 Å². The van der Waals surface area contributed by atoms with Gasteiger partial charge in [-0.3, -0.25) is 9.59 Å². The minimum Gasteiger partial charge on any atom is -0.465 e. The van der Waals surface area contributed by atoms with Crippen LogP contribution in [0.25, 0.3) is 0 Å². The molecular formula is C10H18ClNO3. The maximum Gasteiger partial charge on any atom is 0.325 e. The van der Waals surface area contributed by atoms with Gasteiger partial charge in [-0.25, -0.2) is 0 Å². The van der Waals surface area contributed by atoms with E-state index < -0.39 is 5.97 Å². The molecule has 0 N–H and O–H groups in total. The summed E-state index contributed by atoms with van der Waals surface area (Å²) in [5, 5.41) is 0. The molecule has 0 aromatic carbocycles. The Morgan fingerprint density at radius 2 is 2.00 bits per heavy atom. The fraction of sp³-hybridized carbons (Fsp3) is 0.800. The number of amides is 1. The molecule has 0 aliphatic heterocycles. The van der Waals surface area contributed by atoms with Gasteiger partial charge in [0, 0.05) is 6.54 Å². The van der Waals surface area contributed by atoms with E-state index in [0.29, 0.717) is 19.1 Å². The van der Waals surface area contributed by atoms with Gasteiger partial charge in [0.1, 0.15) is 12.4 Å². The molecule has 15 heavy (non-hydrogen) atoms. The van der Waals surface area contributed by atoms with Gasteiger partial charge in [0.2, 0.25) is 5.91 Å². The summed E-state index contributed by atoms with van der Waals surface area (Å²) in [6.45, 7) is 6.50. The molecule has 0 saturated heterocycles. The average molecular weight is 236 g/mol. The first-order chi connectivity index (χ1) is 7.01. The number of nitrogens with zero attached hydrogens (tertiary/aromatic N) is 1. The quantitative estimate of drug-likeness (QED) is 0.515. The zero-order chi connectivity index (χ0) is 11.8. The highest BCUT2D eigenvalue weighted by molar-refractivity contribution is 6.27. The molecule has 0 bridgehead atoms. The van der Waals surface area contributed by atoms with Crippen LogP contribution in [0.4, 0.5) is 0 Å². The van der Waals surface area contributed by atoms with Gasteiger partial charge in [0.15, 0.2) is 0 Å². The molecule has 0 aliphatic rings. The molecule has 1 amide bonds. The van der Waals surface area contributed by atoms with Crippen molar-refractivity contribution in [3.8, 4) is 0 Å². The number of esters is 1. The second kappa shape index (κ2) is 7.51. The van der Waals surface area contributed by atoms with E-state index in [1.807, 2.05) is 13.8 Å². The highest BCUT2D eigenvalue weighted by atomic mass is 35.5. The summed E-state index contributed by atoms with van der Waals surface area (Å²) in [4.78, 5) is 24.0. The molecular weight excluding hydrogens is 218 g/mol. The highest BCUT2D eigenvalue weighted by Gasteiger charge is 2.17. The van der Waals surface area contributed by atoms with Crippen LogP contribution in [0.15, 0.2) is 0 Å². The first-order valence-corrected chi connectivity index (χ1v) is 5.54. The van der Waals surface area contributed by atoms with Crippen LogP contribution >= 0.6 is 11.6 Å². The normalized spacial score (nSPS) is 10.2. The Balaban J connectivity index is 4.24. The van der Waals surface area contributed by atoms with Crippen LogP contribution in [-0.2, 0) is 14.3 Å². The van der Waals surface area contributed by atoms with E-state index in [1.165, 1.54) is 4.90 Å². The number of carbonyl (C=O) groups excluding carboxylic acids is 2. The first kappa shape index (κ1) is 14.2. The van der Waals surface area contributed by atoms with E-state index >= 15 is 0 Å². The first-order valence-electron chi connectivity index (χ1n) is 5.00. The van der Waals surface area contributed by atoms with Gasteiger partial charge in [-0.15, -0.1) is 11.6 Å². The van der Waals surface area contributed by atoms with Crippen molar-refractivity contribution in [1.29, 1.82) is 0 Å². The third-order valence-corrected chi connectivity index (χ3v) is 1.91.